The first-order valence-electron chi connectivity index (χ1n) is 8.68. The van der Waals surface area contributed by atoms with Crippen molar-refractivity contribution in [2.24, 2.45) is 0 Å². The van der Waals surface area contributed by atoms with Gasteiger partial charge in [0.05, 0.1) is 32.5 Å². The molecule has 7 nitrogen and oxygen atoms in total. The van der Waals surface area contributed by atoms with Crippen LogP contribution in [0.3, 0.4) is 0 Å². The van der Waals surface area contributed by atoms with Crippen molar-refractivity contribution in [1.29, 1.82) is 0 Å². The van der Waals surface area contributed by atoms with Crippen molar-refractivity contribution < 1.29 is 18.4 Å². The fraction of sp³-hybridized carbons (Fsp3) is 0.222. The molecule has 0 radical (unpaired) electrons. The van der Waals surface area contributed by atoms with E-state index < -0.39 is 29.7 Å². The number of hydrogen-bond donors (Lipinski definition) is 2. The second kappa shape index (κ2) is 6.68. The third kappa shape index (κ3) is 2.86. The van der Waals surface area contributed by atoms with Crippen molar-refractivity contribution in [3.63, 3.8) is 0 Å². The van der Waals surface area contributed by atoms with E-state index in [2.05, 4.69) is 20.6 Å². The molecule has 3 amide bonds. The summed E-state index contributed by atoms with van der Waals surface area (Å²) in [5.41, 5.74) is 0.873. The molecule has 1 aromatic carbocycles. The first-order chi connectivity index (χ1) is 13.9. The van der Waals surface area contributed by atoms with Crippen LogP contribution >= 0.6 is 22.9 Å². The quantitative estimate of drug-likeness (QED) is 0.477. The maximum absolute atomic E-state index is 14.5. The number of nitrogens with zero attached hydrogens (tertiary/aromatic N) is 3. The molecule has 3 aromatic rings. The zero-order chi connectivity index (χ0) is 20.3. The van der Waals surface area contributed by atoms with E-state index >= 15 is 0 Å². The summed E-state index contributed by atoms with van der Waals surface area (Å²) in [5.74, 6) is -1.95. The molecule has 11 heteroatoms. The Balaban J connectivity index is 1.69. The van der Waals surface area contributed by atoms with Crippen LogP contribution in [0.25, 0.3) is 21.6 Å². The summed E-state index contributed by atoms with van der Waals surface area (Å²) in [4.78, 5) is 34.7. The van der Waals surface area contributed by atoms with Gasteiger partial charge in [-0.15, -0.1) is 11.3 Å². The number of nitrogens with one attached hydrogen (secondary N) is 2. The number of halogens is 3. The number of piperazine rings is 1. The van der Waals surface area contributed by atoms with Gasteiger partial charge in [0.1, 0.15) is 17.7 Å². The minimum Gasteiger partial charge on any atom is -0.312 e. The molecule has 2 aliphatic heterocycles. The van der Waals surface area contributed by atoms with E-state index in [0.29, 0.717) is 29.0 Å². The predicted octanol–water partition coefficient (Wildman–Crippen LogP) is 2.85. The van der Waals surface area contributed by atoms with E-state index in [1.54, 1.807) is 11.4 Å². The van der Waals surface area contributed by atoms with Crippen molar-refractivity contribution >= 4 is 45.1 Å². The lowest BCUT2D eigenvalue weighted by Crippen LogP contribution is -2.53. The lowest BCUT2D eigenvalue weighted by molar-refractivity contribution is -0.122. The summed E-state index contributed by atoms with van der Waals surface area (Å²) in [6.45, 7) is 0.689. The Morgan fingerprint density at radius 2 is 1.93 bits per heavy atom. The van der Waals surface area contributed by atoms with Crippen LogP contribution in [0.5, 0.6) is 0 Å². The SMILES string of the molecule is O=C1NC(=O)N2C1CNCC2c1nc(-c2cc(F)c(Cl)cc2F)nc2ccsc12. The van der Waals surface area contributed by atoms with Crippen LogP contribution in [0.4, 0.5) is 13.6 Å². The number of hydrogen-bond acceptors (Lipinski definition) is 6. The van der Waals surface area contributed by atoms with Crippen molar-refractivity contribution in [2.45, 2.75) is 12.1 Å². The van der Waals surface area contributed by atoms with Gasteiger partial charge in [0.2, 0.25) is 0 Å². The average molecular weight is 436 g/mol. The van der Waals surface area contributed by atoms with Gasteiger partial charge in [0, 0.05) is 13.1 Å². The second-order valence-corrected chi connectivity index (χ2v) is 8.03. The number of rotatable bonds is 2. The van der Waals surface area contributed by atoms with Gasteiger partial charge in [-0.1, -0.05) is 11.6 Å². The third-order valence-corrected chi connectivity index (χ3v) is 6.23. The van der Waals surface area contributed by atoms with Gasteiger partial charge in [-0.2, -0.15) is 0 Å². The van der Waals surface area contributed by atoms with Crippen LogP contribution in [-0.4, -0.2) is 45.9 Å². The number of fused-ring (bicyclic) bond motifs is 2. The number of benzene rings is 1. The minimum absolute atomic E-state index is 0.0213. The molecule has 0 bridgehead atoms. The summed E-state index contributed by atoms with van der Waals surface area (Å²) in [5, 5.41) is 6.91. The molecule has 2 fully saturated rings. The lowest BCUT2D eigenvalue weighted by Gasteiger charge is -2.35. The van der Waals surface area contributed by atoms with Gasteiger partial charge in [-0.05, 0) is 23.6 Å². The zero-order valence-electron chi connectivity index (χ0n) is 14.6. The van der Waals surface area contributed by atoms with Gasteiger partial charge >= 0.3 is 6.03 Å². The van der Waals surface area contributed by atoms with E-state index in [0.717, 1.165) is 12.1 Å². The number of carbonyl (C=O) groups is 2. The number of imide groups is 1. The molecule has 2 N–H and O–H groups in total. The van der Waals surface area contributed by atoms with Crippen molar-refractivity contribution in [3.05, 3.63) is 45.9 Å². The van der Waals surface area contributed by atoms with Crippen LogP contribution in [0.1, 0.15) is 11.7 Å². The molecule has 148 valence electrons. The topological polar surface area (TPSA) is 87.2 Å². The molecule has 2 aromatic heterocycles. The van der Waals surface area contributed by atoms with Gasteiger partial charge in [0.25, 0.3) is 5.91 Å². The lowest BCUT2D eigenvalue weighted by atomic mass is 10.0. The van der Waals surface area contributed by atoms with E-state index in [4.69, 9.17) is 11.6 Å². The summed E-state index contributed by atoms with van der Waals surface area (Å²) < 4.78 is 29.2. The summed E-state index contributed by atoms with van der Waals surface area (Å²) in [6.07, 6.45) is 0. The zero-order valence-corrected chi connectivity index (χ0v) is 16.2. The Labute approximate surface area is 171 Å². The maximum Gasteiger partial charge on any atom is 0.325 e. The molecule has 2 unspecified atom stereocenters. The van der Waals surface area contributed by atoms with Gasteiger partial charge < -0.3 is 10.2 Å². The number of amides is 3. The smallest absolute Gasteiger partial charge is 0.312 e. The molecule has 4 heterocycles. The Bertz CT molecular complexity index is 1190. The first kappa shape index (κ1) is 18.3. The minimum atomic E-state index is -0.789. The highest BCUT2D eigenvalue weighted by Gasteiger charge is 2.46. The molecule has 2 atom stereocenters. The highest BCUT2D eigenvalue weighted by atomic mass is 35.5. The second-order valence-electron chi connectivity index (χ2n) is 6.71. The van der Waals surface area contributed by atoms with E-state index in [1.807, 2.05) is 0 Å². The maximum atomic E-state index is 14.5. The molecule has 0 spiro atoms. The van der Waals surface area contributed by atoms with Crippen molar-refractivity contribution in [2.75, 3.05) is 13.1 Å². The number of aromatic nitrogens is 2. The molecule has 2 aliphatic rings. The van der Waals surface area contributed by atoms with Gasteiger partial charge in [0.15, 0.2) is 5.82 Å². The number of thiophene rings is 1. The molecule has 2 saturated heterocycles. The van der Waals surface area contributed by atoms with Crippen LogP contribution in [0.15, 0.2) is 23.6 Å². The molecular weight excluding hydrogens is 424 g/mol. The highest BCUT2D eigenvalue weighted by Crippen LogP contribution is 2.36. The Hall–Kier alpha value is -2.69. The highest BCUT2D eigenvalue weighted by molar-refractivity contribution is 7.17. The fourth-order valence-corrected chi connectivity index (χ4v) is 4.70. The Morgan fingerprint density at radius 1 is 1.14 bits per heavy atom. The summed E-state index contributed by atoms with van der Waals surface area (Å²) >= 11 is 7.02. The fourth-order valence-electron chi connectivity index (χ4n) is 3.68. The molecular formula is C18H12ClF2N5O2S. The monoisotopic (exact) mass is 435 g/mol. The van der Waals surface area contributed by atoms with Gasteiger partial charge in [-0.25, -0.2) is 23.5 Å². The van der Waals surface area contributed by atoms with E-state index in [9.17, 15) is 18.4 Å². The van der Waals surface area contributed by atoms with Crippen molar-refractivity contribution in [1.82, 2.24) is 25.5 Å². The number of carbonyl (C=O) groups excluding carboxylic acids is 2. The summed E-state index contributed by atoms with van der Waals surface area (Å²) in [6, 6.07) is 1.84. The Morgan fingerprint density at radius 3 is 2.76 bits per heavy atom. The van der Waals surface area contributed by atoms with Crippen LogP contribution in [-0.2, 0) is 4.79 Å². The van der Waals surface area contributed by atoms with Crippen molar-refractivity contribution in [3.8, 4) is 11.4 Å². The van der Waals surface area contributed by atoms with E-state index in [-0.39, 0.29) is 22.3 Å². The third-order valence-electron chi connectivity index (χ3n) is 5.01. The number of urea groups is 1. The molecule has 29 heavy (non-hydrogen) atoms. The molecule has 0 aliphatic carbocycles. The van der Waals surface area contributed by atoms with Crippen LogP contribution in [0.2, 0.25) is 5.02 Å². The largest absolute Gasteiger partial charge is 0.325 e. The van der Waals surface area contributed by atoms with Crippen LogP contribution in [0, 0.1) is 11.6 Å². The standard InChI is InChI=1S/C18H12ClF2N5O2S/c19-8-4-9(20)7(3-10(8)21)16-23-11-1-2-29-15(11)14(24-16)12-5-22-6-13-17(27)25-18(28)26(12)13/h1-4,12-13,22H,5-6H2,(H,25,27,28). The predicted molar refractivity (Wildman–Crippen MR) is 103 cm³/mol. The first-order valence-corrected chi connectivity index (χ1v) is 9.93. The average Bonchev–Trinajstić information content (AvgIpc) is 3.28. The van der Waals surface area contributed by atoms with Crippen LogP contribution < -0.4 is 10.6 Å². The van der Waals surface area contributed by atoms with E-state index in [1.165, 1.54) is 16.2 Å². The Kier molecular flexibility index (Phi) is 4.23. The van der Waals surface area contributed by atoms with Gasteiger partial charge in [-0.3, -0.25) is 10.1 Å². The molecule has 0 saturated carbocycles. The summed E-state index contributed by atoms with van der Waals surface area (Å²) in [7, 11) is 0. The molecule has 5 rings (SSSR count). The normalized spacial score (nSPS) is 21.6.